The summed E-state index contributed by atoms with van der Waals surface area (Å²) in [7, 11) is 3.30. The second-order valence-electron chi connectivity index (χ2n) is 3.18. The molecule has 80 valence electrons. The van der Waals surface area contributed by atoms with E-state index in [2.05, 4.69) is 5.10 Å². The van der Waals surface area contributed by atoms with E-state index in [4.69, 9.17) is 9.15 Å². The number of aromatic nitrogens is 2. The van der Waals surface area contributed by atoms with Gasteiger partial charge in [-0.05, 0) is 6.07 Å². The predicted octanol–water partition coefficient (Wildman–Crippen LogP) is 1.10. The van der Waals surface area contributed by atoms with Crippen molar-refractivity contribution in [1.29, 1.82) is 0 Å². The zero-order chi connectivity index (χ0) is 10.8. The minimum absolute atomic E-state index is 0.561. The highest BCUT2D eigenvalue weighted by atomic mass is 16.5. The molecule has 0 spiro atoms. The van der Waals surface area contributed by atoms with Gasteiger partial charge in [-0.3, -0.25) is 4.68 Å². The lowest BCUT2D eigenvalue weighted by Crippen LogP contribution is -2.07. The van der Waals surface area contributed by atoms with Crippen molar-refractivity contribution in [2.45, 2.75) is 6.10 Å². The molecule has 1 N–H and O–H groups in total. The van der Waals surface area contributed by atoms with Gasteiger partial charge in [0.1, 0.15) is 11.8 Å². The molecule has 0 amide bonds. The number of nitrogens with zero attached hydrogens (tertiary/aromatic N) is 2. The molecule has 2 aromatic rings. The van der Waals surface area contributed by atoms with Gasteiger partial charge in [0.2, 0.25) is 0 Å². The summed E-state index contributed by atoms with van der Waals surface area (Å²) in [6, 6.07) is 1.71. The molecule has 2 rings (SSSR count). The molecule has 0 aromatic carbocycles. The van der Waals surface area contributed by atoms with Crippen LogP contribution in [0.3, 0.4) is 0 Å². The van der Waals surface area contributed by atoms with Crippen molar-refractivity contribution in [3.05, 3.63) is 36.0 Å². The van der Waals surface area contributed by atoms with Crippen LogP contribution in [0.1, 0.15) is 17.4 Å². The number of furan rings is 1. The molecule has 1 atom stereocenters. The fourth-order valence-corrected chi connectivity index (χ4v) is 1.48. The first kappa shape index (κ1) is 9.79. The molecule has 0 aliphatic carbocycles. The van der Waals surface area contributed by atoms with Crippen LogP contribution < -0.4 is 4.74 Å². The number of hydrogen-bond acceptors (Lipinski definition) is 4. The number of aryl methyl sites for hydroxylation is 1. The van der Waals surface area contributed by atoms with Crippen LogP contribution in [0.25, 0.3) is 0 Å². The second-order valence-corrected chi connectivity index (χ2v) is 3.18. The molecule has 2 aromatic heterocycles. The summed E-state index contributed by atoms with van der Waals surface area (Å²) < 4.78 is 11.6. The van der Waals surface area contributed by atoms with Crippen LogP contribution in [0.4, 0.5) is 0 Å². The van der Waals surface area contributed by atoms with Crippen molar-refractivity contribution in [3.63, 3.8) is 0 Å². The molecule has 0 aliphatic rings. The zero-order valence-corrected chi connectivity index (χ0v) is 8.54. The average Bonchev–Trinajstić information content (AvgIpc) is 2.85. The molecule has 0 radical (unpaired) electrons. The van der Waals surface area contributed by atoms with Gasteiger partial charge in [-0.1, -0.05) is 0 Å². The summed E-state index contributed by atoms with van der Waals surface area (Å²) in [6.07, 6.45) is 3.79. The number of methoxy groups -OCH3 is 1. The van der Waals surface area contributed by atoms with E-state index in [1.807, 2.05) is 0 Å². The van der Waals surface area contributed by atoms with Crippen molar-refractivity contribution in [1.82, 2.24) is 9.78 Å². The Labute approximate surface area is 86.9 Å². The highest BCUT2D eigenvalue weighted by Gasteiger charge is 2.20. The van der Waals surface area contributed by atoms with Crippen LogP contribution in [-0.2, 0) is 7.05 Å². The Bertz CT molecular complexity index is 433. The van der Waals surface area contributed by atoms with Crippen LogP contribution in [0.2, 0.25) is 0 Å². The van der Waals surface area contributed by atoms with Gasteiger partial charge in [-0.15, -0.1) is 0 Å². The van der Waals surface area contributed by atoms with Gasteiger partial charge >= 0.3 is 0 Å². The third-order valence-corrected chi connectivity index (χ3v) is 2.29. The molecule has 0 saturated heterocycles. The van der Waals surface area contributed by atoms with Gasteiger partial charge in [0.15, 0.2) is 5.75 Å². The third-order valence-electron chi connectivity index (χ3n) is 2.29. The van der Waals surface area contributed by atoms with Crippen LogP contribution >= 0.6 is 0 Å². The van der Waals surface area contributed by atoms with E-state index in [0.29, 0.717) is 17.0 Å². The number of aliphatic hydroxyl groups excluding tert-OH is 1. The molecule has 0 bridgehead atoms. The molecular formula is C10H12N2O3. The van der Waals surface area contributed by atoms with E-state index >= 15 is 0 Å². The lowest BCUT2D eigenvalue weighted by molar-refractivity contribution is 0.203. The molecule has 0 saturated carbocycles. The van der Waals surface area contributed by atoms with Crippen LogP contribution in [0.15, 0.2) is 29.2 Å². The lowest BCUT2D eigenvalue weighted by Gasteiger charge is -2.10. The summed E-state index contributed by atoms with van der Waals surface area (Å²) in [6.45, 7) is 0. The first-order valence-electron chi connectivity index (χ1n) is 4.50. The third kappa shape index (κ3) is 1.61. The maximum absolute atomic E-state index is 10.1. The van der Waals surface area contributed by atoms with Crippen molar-refractivity contribution in [2.75, 3.05) is 7.11 Å². The largest absolute Gasteiger partial charge is 0.493 e. The van der Waals surface area contributed by atoms with E-state index < -0.39 is 6.10 Å². The average molecular weight is 208 g/mol. The number of aliphatic hydroxyl groups is 1. The number of rotatable bonds is 3. The fourth-order valence-electron chi connectivity index (χ4n) is 1.48. The Hall–Kier alpha value is -1.75. The minimum atomic E-state index is -0.786. The number of hydrogen-bond donors (Lipinski definition) is 1. The summed E-state index contributed by atoms with van der Waals surface area (Å²) in [4.78, 5) is 0. The molecule has 5 heteroatoms. The van der Waals surface area contributed by atoms with Crippen LogP contribution in [0.5, 0.6) is 5.75 Å². The van der Waals surface area contributed by atoms with Crippen LogP contribution in [0, 0.1) is 0 Å². The molecule has 1 unspecified atom stereocenters. The SMILES string of the molecule is COc1cnn(C)c1C(O)c1ccoc1. The standard InChI is InChI=1S/C10H12N2O3/c1-12-9(8(14-2)5-11-12)10(13)7-3-4-15-6-7/h3-6,10,13H,1-2H3. The Morgan fingerprint density at radius 2 is 2.40 bits per heavy atom. The van der Waals surface area contributed by atoms with E-state index in [0.717, 1.165) is 0 Å². The predicted molar refractivity (Wildman–Crippen MR) is 52.5 cm³/mol. The quantitative estimate of drug-likeness (QED) is 0.820. The topological polar surface area (TPSA) is 60.4 Å². The van der Waals surface area contributed by atoms with Gasteiger partial charge in [-0.2, -0.15) is 5.10 Å². The van der Waals surface area contributed by atoms with Crippen molar-refractivity contribution in [2.24, 2.45) is 7.05 Å². The Morgan fingerprint density at radius 3 is 3.00 bits per heavy atom. The van der Waals surface area contributed by atoms with E-state index in [1.54, 1.807) is 31.1 Å². The minimum Gasteiger partial charge on any atom is -0.493 e. The summed E-state index contributed by atoms with van der Waals surface area (Å²) in [5, 5.41) is 14.1. The first-order chi connectivity index (χ1) is 7.24. The summed E-state index contributed by atoms with van der Waals surface area (Å²) >= 11 is 0. The molecule has 0 aliphatic heterocycles. The molecule has 0 fully saturated rings. The van der Waals surface area contributed by atoms with Crippen molar-refractivity contribution >= 4 is 0 Å². The Kier molecular flexibility index (Phi) is 2.47. The summed E-state index contributed by atoms with van der Waals surface area (Å²) in [5.74, 6) is 0.561. The van der Waals surface area contributed by atoms with Crippen molar-refractivity contribution in [3.8, 4) is 5.75 Å². The first-order valence-corrected chi connectivity index (χ1v) is 4.50. The highest BCUT2D eigenvalue weighted by molar-refractivity contribution is 5.33. The van der Waals surface area contributed by atoms with Gasteiger partial charge in [-0.25, -0.2) is 0 Å². The van der Waals surface area contributed by atoms with Gasteiger partial charge in [0.05, 0.1) is 25.8 Å². The van der Waals surface area contributed by atoms with Gasteiger partial charge in [0, 0.05) is 12.6 Å². The van der Waals surface area contributed by atoms with Crippen LogP contribution in [-0.4, -0.2) is 22.0 Å². The number of ether oxygens (including phenoxy) is 1. The van der Waals surface area contributed by atoms with E-state index in [1.165, 1.54) is 12.5 Å². The smallest absolute Gasteiger partial charge is 0.162 e. The van der Waals surface area contributed by atoms with Crippen molar-refractivity contribution < 1.29 is 14.3 Å². The molecule has 15 heavy (non-hydrogen) atoms. The zero-order valence-electron chi connectivity index (χ0n) is 8.54. The van der Waals surface area contributed by atoms with Gasteiger partial charge in [0.25, 0.3) is 0 Å². The van der Waals surface area contributed by atoms with Gasteiger partial charge < -0.3 is 14.3 Å². The fraction of sp³-hybridized carbons (Fsp3) is 0.300. The normalized spacial score (nSPS) is 12.7. The maximum atomic E-state index is 10.1. The molecule has 5 nitrogen and oxygen atoms in total. The highest BCUT2D eigenvalue weighted by Crippen LogP contribution is 2.29. The van der Waals surface area contributed by atoms with E-state index in [-0.39, 0.29) is 0 Å². The molecule has 2 heterocycles. The Balaban J connectivity index is 2.40. The Morgan fingerprint density at radius 1 is 1.60 bits per heavy atom. The summed E-state index contributed by atoms with van der Waals surface area (Å²) in [5.41, 5.74) is 1.29. The maximum Gasteiger partial charge on any atom is 0.162 e. The second kappa shape index (κ2) is 3.78. The monoisotopic (exact) mass is 208 g/mol. The lowest BCUT2D eigenvalue weighted by atomic mass is 10.1. The van der Waals surface area contributed by atoms with E-state index in [9.17, 15) is 5.11 Å². The molecular weight excluding hydrogens is 196 g/mol.